The van der Waals surface area contributed by atoms with Gasteiger partial charge >= 0.3 is 0 Å². The number of hydrogen-bond acceptors (Lipinski definition) is 4. The van der Waals surface area contributed by atoms with Gasteiger partial charge in [-0.25, -0.2) is 5.48 Å². The van der Waals surface area contributed by atoms with E-state index in [1.165, 1.54) is 5.57 Å². The van der Waals surface area contributed by atoms with Crippen LogP contribution in [0.4, 0.5) is 5.69 Å². The molecule has 0 radical (unpaired) electrons. The van der Waals surface area contributed by atoms with Crippen LogP contribution in [-0.2, 0) is 0 Å². The minimum Gasteiger partial charge on any atom is -0.374 e. The third-order valence-corrected chi connectivity index (χ3v) is 6.92. The van der Waals surface area contributed by atoms with Crippen molar-refractivity contribution in [3.63, 3.8) is 0 Å². The van der Waals surface area contributed by atoms with E-state index in [2.05, 4.69) is 60.4 Å². The summed E-state index contributed by atoms with van der Waals surface area (Å²) in [5, 5.41) is 10.3. The second-order valence-corrected chi connectivity index (χ2v) is 10.3. The van der Waals surface area contributed by atoms with Crippen LogP contribution >= 0.6 is 11.6 Å². The number of carbonyl (C=O) groups is 1. The fourth-order valence-electron chi connectivity index (χ4n) is 5.19. The maximum atomic E-state index is 13.0. The van der Waals surface area contributed by atoms with E-state index in [1.807, 2.05) is 48.8 Å². The number of halogens is 1. The predicted molar refractivity (Wildman–Crippen MR) is 148 cm³/mol. The highest BCUT2D eigenvalue weighted by Gasteiger charge is 2.28. The standard InChI is InChI=1S/C29H35ClN4O2/c1-19(2)18-32-13-15-33(16-14-32)25-8-6-7-23(17-25)27-26(29(35)31-36)21(5)34(20(3)4)28(27)22-9-11-24(30)12-10-22/h6-12,17-18,20,36H,13-16H2,1-5H3,(H,31,35). The van der Waals surface area contributed by atoms with E-state index in [4.69, 9.17) is 11.6 Å². The third kappa shape index (κ3) is 5.15. The van der Waals surface area contributed by atoms with Crippen LogP contribution in [0.15, 0.2) is 60.3 Å². The fraction of sp³-hybridized carbons (Fsp3) is 0.345. The van der Waals surface area contributed by atoms with Crippen LogP contribution in [0.3, 0.4) is 0 Å². The quantitative estimate of drug-likeness (QED) is 0.295. The number of rotatable bonds is 6. The number of nitrogens with zero attached hydrogens (tertiary/aromatic N) is 3. The number of hydrogen-bond donors (Lipinski definition) is 2. The molecule has 1 amide bonds. The van der Waals surface area contributed by atoms with Crippen LogP contribution in [0.5, 0.6) is 0 Å². The molecule has 6 nitrogen and oxygen atoms in total. The highest BCUT2D eigenvalue weighted by Crippen LogP contribution is 2.42. The van der Waals surface area contributed by atoms with Crippen LogP contribution in [0, 0.1) is 6.92 Å². The fourth-order valence-corrected chi connectivity index (χ4v) is 5.32. The Bertz CT molecular complexity index is 1270. The number of hydroxylamine groups is 1. The van der Waals surface area contributed by atoms with Gasteiger partial charge in [0.2, 0.25) is 0 Å². The monoisotopic (exact) mass is 506 g/mol. The maximum absolute atomic E-state index is 13.0. The van der Waals surface area contributed by atoms with E-state index < -0.39 is 5.91 Å². The van der Waals surface area contributed by atoms with E-state index in [0.717, 1.165) is 59.9 Å². The highest BCUT2D eigenvalue weighted by atomic mass is 35.5. The molecule has 7 heteroatoms. The first-order chi connectivity index (χ1) is 17.2. The molecule has 1 saturated heterocycles. The molecule has 1 aliphatic heterocycles. The lowest BCUT2D eigenvalue weighted by molar-refractivity contribution is 0.0706. The summed E-state index contributed by atoms with van der Waals surface area (Å²) < 4.78 is 2.16. The van der Waals surface area contributed by atoms with Crippen molar-refractivity contribution in [2.24, 2.45) is 0 Å². The van der Waals surface area contributed by atoms with Crippen LogP contribution in [-0.4, -0.2) is 46.8 Å². The Hall–Kier alpha value is -3.22. The van der Waals surface area contributed by atoms with E-state index in [0.29, 0.717) is 10.6 Å². The molecule has 1 fully saturated rings. The summed E-state index contributed by atoms with van der Waals surface area (Å²) >= 11 is 6.20. The van der Waals surface area contributed by atoms with Crippen LogP contribution in [0.25, 0.3) is 22.4 Å². The molecule has 4 rings (SSSR count). The molecule has 2 N–H and O–H groups in total. The number of aromatic nitrogens is 1. The zero-order valence-electron chi connectivity index (χ0n) is 21.7. The third-order valence-electron chi connectivity index (χ3n) is 6.67. The summed E-state index contributed by atoms with van der Waals surface area (Å²) in [7, 11) is 0. The van der Waals surface area contributed by atoms with E-state index in [9.17, 15) is 10.0 Å². The van der Waals surface area contributed by atoms with Crippen molar-refractivity contribution in [3.05, 3.63) is 76.6 Å². The van der Waals surface area contributed by atoms with Gasteiger partial charge in [0, 0.05) is 54.2 Å². The van der Waals surface area contributed by atoms with Gasteiger partial charge < -0.3 is 14.4 Å². The van der Waals surface area contributed by atoms with Gasteiger partial charge in [0.25, 0.3) is 5.91 Å². The summed E-state index contributed by atoms with van der Waals surface area (Å²) in [5.74, 6) is -0.516. The van der Waals surface area contributed by atoms with Crippen molar-refractivity contribution in [3.8, 4) is 22.4 Å². The minimum absolute atomic E-state index is 0.0982. The molecule has 2 heterocycles. The molecule has 3 aromatic rings. The van der Waals surface area contributed by atoms with Crippen molar-refractivity contribution in [2.75, 3.05) is 31.1 Å². The molecule has 1 aromatic heterocycles. The minimum atomic E-state index is -0.516. The lowest BCUT2D eigenvalue weighted by Crippen LogP contribution is -2.44. The van der Waals surface area contributed by atoms with Crippen molar-refractivity contribution >= 4 is 23.2 Å². The summed E-state index contributed by atoms with van der Waals surface area (Å²) in [6, 6.07) is 16.1. The number of amides is 1. The zero-order chi connectivity index (χ0) is 26.0. The molecule has 2 aromatic carbocycles. The first-order valence-corrected chi connectivity index (χ1v) is 12.8. The average Bonchev–Trinajstić information content (AvgIpc) is 3.17. The van der Waals surface area contributed by atoms with Gasteiger partial charge in [0.15, 0.2) is 0 Å². The van der Waals surface area contributed by atoms with Crippen molar-refractivity contribution in [1.82, 2.24) is 14.9 Å². The molecule has 36 heavy (non-hydrogen) atoms. The number of allylic oxidation sites excluding steroid dienone is 1. The Kier molecular flexibility index (Phi) is 7.76. The van der Waals surface area contributed by atoms with Gasteiger partial charge in [-0.05, 0) is 76.2 Å². The average molecular weight is 507 g/mol. The van der Waals surface area contributed by atoms with Crippen molar-refractivity contribution in [1.29, 1.82) is 0 Å². The molecule has 0 saturated carbocycles. The van der Waals surface area contributed by atoms with Crippen LogP contribution in [0.1, 0.15) is 49.8 Å². The molecule has 0 unspecified atom stereocenters. The first kappa shape index (κ1) is 25.9. The van der Waals surface area contributed by atoms with E-state index in [-0.39, 0.29) is 6.04 Å². The van der Waals surface area contributed by atoms with Gasteiger partial charge in [-0.1, -0.05) is 41.4 Å². The Morgan fingerprint density at radius 2 is 1.69 bits per heavy atom. The SMILES string of the molecule is CC(C)=CN1CCN(c2cccc(-c3c(C(=O)NO)c(C)n(C(C)C)c3-c3ccc(Cl)cc3)c2)CC1. The predicted octanol–water partition coefficient (Wildman–Crippen LogP) is 6.53. The summed E-state index contributed by atoms with van der Waals surface area (Å²) in [6.45, 7) is 14.1. The Balaban J connectivity index is 1.85. The van der Waals surface area contributed by atoms with Gasteiger partial charge in [-0.15, -0.1) is 0 Å². The largest absolute Gasteiger partial charge is 0.374 e. The molecule has 0 bridgehead atoms. The Morgan fingerprint density at radius 1 is 1.03 bits per heavy atom. The van der Waals surface area contributed by atoms with E-state index in [1.54, 1.807) is 0 Å². The maximum Gasteiger partial charge on any atom is 0.277 e. The zero-order valence-corrected chi connectivity index (χ0v) is 22.4. The molecular formula is C29H35ClN4O2. The Labute approximate surface area is 218 Å². The van der Waals surface area contributed by atoms with Crippen molar-refractivity contribution < 1.29 is 10.0 Å². The van der Waals surface area contributed by atoms with Gasteiger partial charge in [-0.3, -0.25) is 10.0 Å². The van der Waals surface area contributed by atoms with Gasteiger partial charge in [0.1, 0.15) is 0 Å². The summed E-state index contributed by atoms with van der Waals surface area (Å²) in [6.07, 6.45) is 2.23. The number of piperazine rings is 1. The number of benzene rings is 2. The smallest absolute Gasteiger partial charge is 0.277 e. The second kappa shape index (κ2) is 10.8. The van der Waals surface area contributed by atoms with E-state index >= 15 is 0 Å². The molecule has 190 valence electrons. The Morgan fingerprint density at radius 3 is 2.28 bits per heavy atom. The normalized spacial score (nSPS) is 13.8. The molecule has 0 aliphatic carbocycles. The van der Waals surface area contributed by atoms with Gasteiger partial charge in [0.05, 0.1) is 11.3 Å². The molecular weight excluding hydrogens is 472 g/mol. The summed E-state index contributed by atoms with van der Waals surface area (Å²) in [5.41, 5.74) is 9.22. The topological polar surface area (TPSA) is 60.7 Å². The van der Waals surface area contributed by atoms with Crippen LogP contribution in [0.2, 0.25) is 5.02 Å². The van der Waals surface area contributed by atoms with Crippen molar-refractivity contribution in [2.45, 2.75) is 40.7 Å². The number of nitrogens with one attached hydrogen (secondary N) is 1. The summed E-state index contributed by atoms with van der Waals surface area (Å²) in [4.78, 5) is 17.7. The molecule has 0 spiro atoms. The lowest BCUT2D eigenvalue weighted by atomic mass is 9.96. The number of carbonyl (C=O) groups excluding carboxylic acids is 1. The van der Waals surface area contributed by atoms with Gasteiger partial charge in [-0.2, -0.15) is 0 Å². The lowest BCUT2D eigenvalue weighted by Gasteiger charge is -2.36. The van der Waals surface area contributed by atoms with Crippen LogP contribution < -0.4 is 10.4 Å². The first-order valence-electron chi connectivity index (χ1n) is 12.4. The second-order valence-electron chi connectivity index (χ2n) is 9.88. The molecule has 0 atom stereocenters. The highest BCUT2D eigenvalue weighted by molar-refractivity contribution is 6.30. The number of anilines is 1. The molecule has 1 aliphatic rings.